The third-order valence-electron chi connectivity index (χ3n) is 5.30. The number of amides is 1. The van der Waals surface area contributed by atoms with Crippen molar-refractivity contribution >= 4 is 33.8 Å². The van der Waals surface area contributed by atoms with Crippen molar-refractivity contribution < 1.29 is 18.5 Å². The Morgan fingerprint density at radius 2 is 1.96 bits per heavy atom. The summed E-state index contributed by atoms with van der Waals surface area (Å²) in [7, 11) is 0. The van der Waals surface area contributed by atoms with Crippen LogP contribution in [-0.4, -0.2) is 47.0 Å². The van der Waals surface area contributed by atoms with E-state index in [0.717, 1.165) is 53.2 Å². The summed E-state index contributed by atoms with van der Waals surface area (Å²) < 4.78 is 11.4. The number of aromatic nitrogens is 2. The van der Waals surface area contributed by atoms with Crippen molar-refractivity contribution in [3.63, 3.8) is 0 Å². The Morgan fingerprint density at radius 1 is 1.14 bits per heavy atom. The van der Waals surface area contributed by atoms with Crippen LogP contribution in [0.15, 0.2) is 51.5 Å². The second-order valence-electron chi connectivity index (χ2n) is 6.99. The van der Waals surface area contributed by atoms with Gasteiger partial charge in [-0.15, -0.1) is 0 Å². The molecule has 1 amide bonds. The lowest BCUT2D eigenvalue weighted by molar-refractivity contribution is -0.839. The smallest absolute Gasteiger partial charge is 0.289 e. The third-order valence-corrected chi connectivity index (χ3v) is 5.30. The van der Waals surface area contributed by atoms with Crippen molar-refractivity contribution in [2.24, 2.45) is 0 Å². The van der Waals surface area contributed by atoms with E-state index in [9.17, 15) is 4.79 Å². The van der Waals surface area contributed by atoms with Crippen LogP contribution in [-0.2, 0) is 6.42 Å². The van der Waals surface area contributed by atoms with E-state index in [1.54, 1.807) is 12.1 Å². The zero-order valence-corrected chi connectivity index (χ0v) is 15.6. The maximum absolute atomic E-state index is 12.5. The van der Waals surface area contributed by atoms with Crippen LogP contribution >= 0.6 is 0 Å². The molecule has 0 atom stereocenters. The standard InChI is InChI=1S/C21H20N4O3/c1-2-17-22-18-14-6-3-4-7-15(14)28-19(18)20(23-17)24-9-11-25(12-10-24)21(26)16-8-5-13-27-16/h3-8,13H,2,9-12H2,1H3/p+1. The number of benzene rings is 1. The lowest BCUT2D eigenvalue weighted by Crippen LogP contribution is -3.10. The number of quaternary nitrogens is 1. The molecule has 0 bridgehead atoms. The molecule has 5 rings (SSSR count). The predicted molar refractivity (Wildman–Crippen MR) is 104 cm³/mol. The average Bonchev–Trinajstić information content (AvgIpc) is 3.41. The zero-order valence-electron chi connectivity index (χ0n) is 15.6. The molecular weight excluding hydrogens is 356 g/mol. The monoisotopic (exact) mass is 377 g/mol. The highest BCUT2D eigenvalue weighted by Crippen LogP contribution is 2.30. The number of carbonyl (C=O) groups excluding carboxylic acids is 1. The van der Waals surface area contributed by atoms with E-state index in [0.29, 0.717) is 18.8 Å². The molecule has 4 heterocycles. The van der Waals surface area contributed by atoms with E-state index in [4.69, 9.17) is 18.8 Å². The van der Waals surface area contributed by atoms with Gasteiger partial charge in [0, 0.05) is 11.8 Å². The highest BCUT2D eigenvalue weighted by atomic mass is 16.3. The third kappa shape index (κ3) is 2.75. The van der Waals surface area contributed by atoms with Crippen LogP contribution in [0.4, 0.5) is 5.82 Å². The molecule has 1 fully saturated rings. The van der Waals surface area contributed by atoms with Crippen molar-refractivity contribution in [3.8, 4) is 0 Å². The van der Waals surface area contributed by atoms with E-state index in [2.05, 4.69) is 6.92 Å². The maximum Gasteiger partial charge on any atom is 0.289 e. The van der Waals surface area contributed by atoms with Gasteiger partial charge in [0.05, 0.1) is 19.4 Å². The molecule has 0 unspecified atom stereocenters. The Balaban J connectivity index is 1.47. The fourth-order valence-corrected chi connectivity index (χ4v) is 3.81. The summed E-state index contributed by atoms with van der Waals surface area (Å²) in [6.45, 7) is 4.87. The van der Waals surface area contributed by atoms with Gasteiger partial charge < -0.3 is 13.7 Å². The first-order valence-electron chi connectivity index (χ1n) is 9.60. The lowest BCUT2D eigenvalue weighted by atomic mass is 10.2. The number of rotatable bonds is 3. The Bertz CT molecular complexity index is 1140. The Labute approximate surface area is 161 Å². The van der Waals surface area contributed by atoms with Crippen molar-refractivity contribution in [2.75, 3.05) is 26.2 Å². The molecule has 1 aliphatic rings. The quantitative estimate of drug-likeness (QED) is 0.592. The summed E-state index contributed by atoms with van der Waals surface area (Å²) in [6, 6.07) is 11.4. The predicted octanol–water partition coefficient (Wildman–Crippen LogP) is 2.20. The number of para-hydroxylation sites is 1. The molecule has 1 aromatic carbocycles. The topological polar surface area (TPSA) is 76.8 Å². The minimum atomic E-state index is -0.0603. The first kappa shape index (κ1) is 16.9. The van der Waals surface area contributed by atoms with Crippen molar-refractivity contribution in [1.82, 2.24) is 14.9 Å². The largest absolute Gasteiger partial charge is 0.459 e. The molecule has 3 aromatic heterocycles. The van der Waals surface area contributed by atoms with Crippen LogP contribution in [0.5, 0.6) is 0 Å². The molecule has 0 saturated carbocycles. The number of hydrogen-bond acceptors (Lipinski definition) is 5. The van der Waals surface area contributed by atoms with Crippen LogP contribution in [0, 0.1) is 0 Å². The van der Waals surface area contributed by atoms with E-state index in [1.807, 2.05) is 29.2 Å². The van der Waals surface area contributed by atoms with E-state index < -0.39 is 0 Å². The van der Waals surface area contributed by atoms with Gasteiger partial charge in [0.2, 0.25) is 5.58 Å². The molecule has 1 saturated heterocycles. The molecule has 7 nitrogen and oxygen atoms in total. The van der Waals surface area contributed by atoms with Gasteiger partial charge in [-0.3, -0.25) is 9.69 Å². The number of nitrogens with zero attached hydrogens (tertiary/aromatic N) is 3. The van der Waals surface area contributed by atoms with E-state index in [1.165, 1.54) is 11.2 Å². The number of hydrogen-bond donors (Lipinski definition) is 1. The van der Waals surface area contributed by atoms with Gasteiger partial charge in [0.25, 0.3) is 11.7 Å². The van der Waals surface area contributed by atoms with Gasteiger partial charge in [-0.05, 0) is 24.3 Å². The summed E-state index contributed by atoms with van der Waals surface area (Å²) in [6.07, 6.45) is 2.29. The van der Waals surface area contributed by atoms with Crippen LogP contribution in [0.25, 0.3) is 22.1 Å². The van der Waals surface area contributed by atoms with Gasteiger partial charge in [-0.2, -0.15) is 4.98 Å². The van der Waals surface area contributed by atoms with Crippen LogP contribution in [0.1, 0.15) is 23.3 Å². The Hall–Kier alpha value is -3.19. The minimum absolute atomic E-state index is 0.0603. The lowest BCUT2D eigenvalue weighted by Gasteiger charge is -2.30. The summed E-state index contributed by atoms with van der Waals surface area (Å²) in [5, 5.41) is 1.02. The molecular formula is C21H21N4O3+. The molecule has 28 heavy (non-hydrogen) atoms. The van der Waals surface area contributed by atoms with Gasteiger partial charge in [0.1, 0.15) is 30.0 Å². The number of piperazine rings is 1. The molecule has 1 N–H and O–H groups in total. The molecule has 0 radical (unpaired) electrons. The van der Waals surface area contributed by atoms with Gasteiger partial charge in [-0.1, -0.05) is 19.1 Å². The number of furan rings is 2. The molecule has 142 valence electrons. The molecule has 7 heteroatoms. The first-order chi connectivity index (χ1) is 13.7. The molecule has 1 aliphatic heterocycles. The molecule has 0 spiro atoms. The Morgan fingerprint density at radius 3 is 2.71 bits per heavy atom. The number of fused-ring (bicyclic) bond motifs is 3. The highest BCUT2D eigenvalue weighted by Gasteiger charge is 2.30. The van der Waals surface area contributed by atoms with Gasteiger partial charge >= 0.3 is 0 Å². The molecule has 0 aliphatic carbocycles. The summed E-state index contributed by atoms with van der Waals surface area (Å²) in [5.74, 6) is 2.03. The van der Waals surface area contributed by atoms with E-state index in [-0.39, 0.29) is 5.91 Å². The fourth-order valence-electron chi connectivity index (χ4n) is 3.81. The highest BCUT2D eigenvalue weighted by molar-refractivity contribution is 6.04. The number of aryl methyl sites for hydroxylation is 1. The maximum atomic E-state index is 12.5. The summed E-state index contributed by atoms with van der Waals surface area (Å²) in [4.78, 5) is 25.1. The number of carbonyl (C=O) groups is 1. The second kappa shape index (κ2) is 6.76. The van der Waals surface area contributed by atoms with Crippen LogP contribution < -0.4 is 4.90 Å². The fraction of sp³-hybridized carbons (Fsp3) is 0.286. The summed E-state index contributed by atoms with van der Waals surface area (Å²) in [5.41, 5.74) is 2.45. The van der Waals surface area contributed by atoms with Crippen molar-refractivity contribution in [1.29, 1.82) is 0 Å². The average molecular weight is 377 g/mol. The minimum Gasteiger partial charge on any atom is -0.459 e. The zero-order chi connectivity index (χ0) is 19.1. The summed E-state index contributed by atoms with van der Waals surface area (Å²) >= 11 is 0. The van der Waals surface area contributed by atoms with Gasteiger partial charge in [-0.25, -0.2) is 4.98 Å². The second-order valence-corrected chi connectivity index (χ2v) is 6.99. The van der Waals surface area contributed by atoms with Crippen molar-refractivity contribution in [2.45, 2.75) is 13.3 Å². The SMILES string of the molecule is CCc1nc([NH+]2CCN(C(=O)c3ccco3)CC2)c2oc3ccccc3c2n1. The number of nitrogens with one attached hydrogen (secondary N) is 1. The normalized spacial score (nSPS) is 15.5. The molecule has 4 aromatic rings. The van der Waals surface area contributed by atoms with Crippen LogP contribution in [0.2, 0.25) is 0 Å². The van der Waals surface area contributed by atoms with E-state index >= 15 is 0 Å². The first-order valence-corrected chi connectivity index (χ1v) is 9.60. The van der Waals surface area contributed by atoms with Crippen LogP contribution in [0.3, 0.4) is 0 Å². The van der Waals surface area contributed by atoms with Crippen molar-refractivity contribution in [3.05, 3.63) is 54.2 Å². The van der Waals surface area contributed by atoms with Gasteiger partial charge in [0.15, 0.2) is 5.76 Å². The Kier molecular flexibility index (Phi) is 4.09.